The second kappa shape index (κ2) is 5.18. The molecule has 3 aromatic rings. The van der Waals surface area contributed by atoms with Crippen molar-refractivity contribution < 1.29 is 5.32 Å². The Labute approximate surface area is 129 Å². The quantitative estimate of drug-likeness (QED) is 0.734. The Morgan fingerprint density at radius 3 is 2.64 bits per heavy atom. The van der Waals surface area contributed by atoms with Gasteiger partial charge < -0.3 is 9.88 Å². The van der Waals surface area contributed by atoms with E-state index in [9.17, 15) is 0 Å². The first-order valence-electron chi connectivity index (χ1n) is 7.46. The van der Waals surface area contributed by atoms with Crippen molar-refractivity contribution in [3.05, 3.63) is 89.2 Å². The maximum atomic E-state index is 8.96. The molecule has 0 unspecified atom stereocenters. The Balaban J connectivity index is 1.82. The largest absolute Gasteiger partial charge is 0.331 e. The van der Waals surface area contributed by atoms with E-state index in [0.717, 1.165) is 6.54 Å². The highest BCUT2D eigenvalue weighted by Gasteiger charge is 2.25. The summed E-state index contributed by atoms with van der Waals surface area (Å²) in [5.41, 5.74) is 5.81. The average molecular weight is 286 g/mol. The molecule has 0 saturated carbocycles. The van der Waals surface area contributed by atoms with Crippen molar-refractivity contribution in [3.8, 4) is 11.8 Å². The van der Waals surface area contributed by atoms with E-state index in [1.165, 1.54) is 22.5 Å². The third-order valence-electron chi connectivity index (χ3n) is 4.32. The number of quaternary nitrogens is 1. The minimum atomic E-state index is 0.246. The molecule has 0 bridgehead atoms. The van der Waals surface area contributed by atoms with Crippen LogP contribution >= 0.6 is 0 Å². The van der Waals surface area contributed by atoms with Gasteiger partial charge >= 0.3 is 0 Å². The number of hydrogen-bond donors (Lipinski definition) is 1. The predicted octanol–water partition coefficient (Wildman–Crippen LogP) is 2.52. The van der Waals surface area contributed by atoms with Crippen molar-refractivity contribution in [2.24, 2.45) is 0 Å². The summed E-state index contributed by atoms with van der Waals surface area (Å²) in [5.74, 6) is 0. The highest BCUT2D eigenvalue weighted by Crippen LogP contribution is 2.26. The van der Waals surface area contributed by atoms with Crippen molar-refractivity contribution in [2.45, 2.75) is 12.6 Å². The lowest BCUT2D eigenvalue weighted by Gasteiger charge is -2.15. The molecule has 3 heteroatoms. The van der Waals surface area contributed by atoms with Crippen LogP contribution in [0.25, 0.3) is 5.69 Å². The molecule has 2 N–H and O–H groups in total. The van der Waals surface area contributed by atoms with Crippen LogP contribution in [0.4, 0.5) is 0 Å². The van der Waals surface area contributed by atoms with Crippen molar-refractivity contribution in [2.75, 3.05) is 0 Å². The van der Waals surface area contributed by atoms with Gasteiger partial charge in [-0.05, 0) is 30.3 Å². The third kappa shape index (κ3) is 2.02. The Kier molecular flexibility index (Phi) is 3.03. The molecule has 106 valence electrons. The Hall–Kier alpha value is -2.83. The summed E-state index contributed by atoms with van der Waals surface area (Å²) in [5, 5.41) is 11.3. The first-order valence-corrected chi connectivity index (χ1v) is 7.46. The second-order valence-corrected chi connectivity index (χ2v) is 5.58. The van der Waals surface area contributed by atoms with Crippen molar-refractivity contribution in [1.82, 2.24) is 4.57 Å². The Morgan fingerprint density at radius 1 is 1.00 bits per heavy atom. The summed E-state index contributed by atoms with van der Waals surface area (Å²) in [6.45, 7) is 0.947. The van der Waals surface area contributed by atoms with Gasteiger partial charge in [-0.1, -0.05) is 30.3 Å². The Morgan fingerprint density at radius 2 is 1.82 bits per heavy atom. The summed E-state index contributed by atoms with van der Waals surface area (Å²) in [6, 6.07) is 23.2. The Bertz CT molecular complexity index is 853. The molecule has 2 aromatic carbocycles. The molecule has 1 aliphatic heterocycles. The molecular weight excluding hydrogens is 270 g/mol. The summed E-state index contributed by atoms with van der Waals surface area (Å²) >= 11 is 0. The molecule has 1 aliphatic rings. The standard InChI is InChI=1S/C19H15N3/c20-12-14-7-9-15(10-8-14)19-18-6-3-11-22(18)17-5-2-1-4-16(17)13-21-19/h1-11,19,21H,13H2/p+1/t19-/m1/s1. The van der Waals surface area contributed by atoms with Gasteiger partial charge in [-0.2, -0.15) is 5.26 Å². The van der Waals surface area contributed by atoms with Crippen LogP contribution < -0.4 is 5.32 Å². The molecule has 0 fully saturated rings. The minimum absolute atomic E-state index is 0.246. The van der Waals surface area contributed by atoms with Gasteiger partial charge in [0.1, 0.15) is 6.54 Å². The van der Waals surface area contributed by atoms with Crippen LogP contribution in [-0.2, 0) is 6.54 Å². The van der Waals surface area contributed by atoms with Gasteiger partial charge in [0.2, 0.25) is 0 Å². The van der Waals surface area contributed by atoms with Crippen LogP contribution in [0.15, 0.2) is 66.9 Å². The van der Waals surface area contributed by atoms with Gasteiger partial charge in [0.15, 0.2) is 6.04 Å². The molecule has 0 radical (unpaired) electrons. The number of benzene rings is 2. The van der Waals surface area contributed by atoms with Gasteiger partial charge in [-0.3, -0.25) is 0 Å². The number of aromatic nitrogens is 1. The normalized spacial score (nSPS) is 16.2. The van der Waals surface area contributed by atoms with E-state index in [0.29, 0.717) is 5.56 Å². The van der Waals surface area contributed by atoms with Gasteiger partial charge in [-0.25, -0.2) is 0 Å². The van der Waals surface area contributed by atoms with Gasteiger partial charge in [0, 0.05) is 17.3 Å². The number of rotatable bonds is 1. The van der Waals surface area contributed by atoms with E-state index in [1.807, 2.05) is 12.1 Å². The topological polar surface area (TPSA) is 45.3 Å². The molecule has 4 rings (SSSR count). The molecule has 22 heavy (non-hydrogen) atoms. The van der Waals surface area contributed by atoms with Crippen LogP contribution in [0.2, 0.25) is 0 Å². The number of nitriles is 1. The zero-order valence-corrected chi connectivity index (χ0v) is 12.1. The number of hydrogen-bond acceptors (Lipinski definition) is 1. The SMILES string of the molecule is N#Cc1ccc([C@H]2[NH2+]Cc3ccccc3-n3cccc32)cc1. The fourth-order valence-electron chi connectivity index (χ4n) is 3.22. The summed E-state index contributed by atoms with van der Waals surface area (Å²) in [6.07, 6.45) is 2.13. The molecule has 0 saturated heterocycles. The highest BCUT2D eigenvalue weighted by molar-refractivity contribution is 5.45. The van der Waals surface area contributed by atoms with Crippen LogP contribution in [0, 0.1) is 11.3 Å². The number of fused-ring (bicyclic) bond motifs is 3. The number of para-hydroxylation sites is 1. The molecule has 0 aliphatic carbocycles. The molecular formula is C19H16N3+. The lowest BCUT2D eigenvalue weighted by molar-refractivity contribution is -0.702. The van der Waals surface area contributed by atoms with Crippen LogP contribution in [0.5, 0.6) is 0 Å². The smallest absolute Gasteiger partial charge is 0.153 e. The van der Waals surface area contributed by atoms with E-state index in [-0.39, 0.29) is 6.04 Å². The van der Waals surface area contributed by atoms with Crippen molar-refractivity contribution in [3.63, 3.8) is 0 Å². The fourth-order valence-corrected chi connectivity index (χ4v) is 3.22. The van der Waals surface area contributed by atoms with E-state index in [1.54, 1.807) is 0 Å². The lowest BCUT2D eigenvalue weighted by atomic mass is 10.0. The predicted molar refractivity (Wildman–Crippen MR) is 84.4 cm³/mol. The van der Waals surface area contributed by atoms with Gasteiger partial charge in [0.25, 0.3) is 0 Å². The van der Waals surface area contributed by atoms with Crippen molar-refractivity contribution >= 4 is 0 Å². The molecule has 1 aromatic heterocycles. The number of nitrogens with two attached hydrogens (primary N) is 1. The van der Waals surface area contributed by atoms with Crippen LogP contribution in [-0.4, -0.2) is 4.57 Å². The van der Waals surface area contributed by atoms with Gasteiger partial charge in [-0.15, -0.1) is 0 Å². The minimum Gasteiger partial charge on any atom is -0.331 e. The zero-order chi connectivity index (χ0) is 14.9. The molecule has 0 spiro atoms. The fraction of sp³-hybridized carbons (Fsp3) is 0.105. The van der Waals surface area contributed by atoms with E-state index in [4.69, 9.17) is 5.26 Å². The molecule has 2 heterocycles. The monoisotopic (exact) mass is 286 g/mol. The van der Waals surface area contributed by atoms with E-state index >= 15 is 0 Å². The van der Waals surface area contributed by atoms with Crippen LogP contribution in [0.3, 0.4) is 0 Å². The summed E-state index contributed by atoms with van der Waals surface area (Å²) < 4.78 is 2.28. The number of nitrogens with zero attached hydrogens (tertiary/aromatic N) is 2. The lowest BCUT2D eigenvalue weighted by Crippen LogP contribution is -2.83. The van der Waals surface area contributed by atoms with E-state index in [2.05, 4.69) is 70.7 Å². The van der Waals surface area contributed by atoms with Crippen LogP contribution in [0.1, 0.15) is 28.4 Å². The maximum Gasteiger partial charge on any atom is 0.153 e. The summed E-state index contributed by atoms with van der Waals surface area (Å²) in [4.78, 5) is 0. The summed E-state index contributed by atoms with van der Waals surface area (Å²) in [7, 11) is 0. The van der Waals surface area contributed by atoms with Gasteiger partial charge in [0.05, 0.1) is 23.0 Å². The first-order chi connectivity index (χ1) is 10.9. The third-order valence-corrected chi connectivity index (χ3v) is 4.32. The molecule has 1 atom stereocenters. The molecule has 3 nitrogen and oxygen atoms in total. The van der Waals surface area contributed by atoms with E-state index < -0.39 is 0 Å². The zero-order valence-electron chi connectivity index (χ0n) is 12.1. The maximum absolute atomic E-state index is 8.96. The molecule has 0 amide bonds. The van der Waals surface area contributed by atoms with Crippen molar-refractivity contribution in [1.29, 1.82) is 5.26 Å². The second-order valence-electron chi connectivity index (χ2n) is 5.58. The highest BCUT2D eigenvalue weighted by atomic mass is 15.1. The average Bonchev–Trinajstić information content (AvgIpc) is 3.00. The first kappa shape index (κ1) is 12.9.